The van der Waals surface area contributed by atoms with E-state index < -0.39 is 0 Å². The van der Waals surface area contributed by atoms with E-state index in [0.29, 0.717) is 11.5 Å². The first-order valence-electron chi connectivity index (χ1n) is 9.68. The average Bonchev–Trinajstić information content (AvgIpc) is 2.69. The van der Waals surface area contributed by atoms with Crippen molar-refractivity contribution in [2.75, 3.05) is 0 Å². The van der Waals surface area contributed by atoms with Gasteiger partial charge < -0.3 is 10.1 Å². The Balaban J connectivity index is 1.70. The number of nitrogens with one attached hydrogen (secondary N) is 1. The summed E-state index contributed by atoms with van der Waals surface area (Å²) in [5.41, 5.74) is 4.02. The highest BCUT2D eigenvalue weighted by Crippen LogP contribution is 2.31. The van der Waals surface area contributed by atoms with E-state index in [4.69, 9.17) is 4.74 Å². The highest BCUT2D eigenvalue weighted by molar-refractivity contribution is 5.94. The minimum absolute atomic E-state index is 0.0504. The minimum atomic E-state index is -0.0960. The highest BCUT2D eigenvalue weighted by atomic mass is 16.5. The lowest BCUT2D eigenvalue weighted by molar-refractivity contribution is 0.0940. The Hall–Kier alpha value is -3.07. The van der Waals surface area contributed by atoms with E-state index in [-0.39, 0.29) is 11.9 Å². The van der Waals surface area contributed by atoms with Gasteiger partial charge >= 0.3 is 0 Å². The van der Waals surface area contributed by atoms with Crippen LogP contribution in [0.3, 0.4) is 0 Å². The maximum absolute atomic E-state index is 12.5. The van der Waals surface area contributed by atoms with E-state index >= 15 is 0 Å². The van der Waals surface area contributed by atoms with Crippen LogP contribution >= 0.6 is 0 Å². The number of carbonyl (C=O) groups excluding carboxylic acids is 1. The van der Waals surface area contributed by atoms with Crippen LogP contribution in [0.2, 0.25) is 0 Å². The van der Waals surface area contributed by atoms with Gasteiger partial charge in [-0.25, -0.2) is 0 Å². The zero-order valence-electron chi connectivity index (χ0n) is 16.9. The van der Waals surface area contributed by atoms with E-state index in [1.807, 2.05) is 49.4 Å². The third-order valence-electron chi connectivity index (χ3n) is 4.78. The molecule has 0 aliphatic heterocycles. The van der Waals surface area contributed by atoms with Crippen LogP contribution in [0.5, 0.6) is 11.5 Å². The fraction of sp³-hybridized carbons (Fsp3) is 0.240. The Labute approximate surface area is 167 Å². The predicted molar refractivity (Wildman–Crippen MR) is 114 cm³/mol. The van der Waals surface area contributed by atoms with E-state index in [2.05, 4.69) is 44.3 Å². The van der Waals surface area contributed by atoms with Crippen LogP contribution in [0.15, 0.2) is 72.8 Å². The summed E-state index contributed by atoms with van der Waals surface area (Å²) in [7, 11) is 0. The Kier molecular flexibility index (Phi) is 6.15. The topological polar surface area (TPSA) is 38.3 Å². The molecule has 3 aromatic carbocycles. The number of carbonyl (C=O) groups is 1. The van der Waals surface area contributed by atoms with Gasteiger partial charge in [-0.2, -0.15) is 0 Å². The van der Waals surface area contributed by atoms with Crippen molar-refractivity contribution >= 4 is 5.91 Å². The summed E-state index contributed by atoms with van der Waals surface area (Å²) >= 11 is 0. The number of rotatable bonds is 6. The third kappa shape index (κ3) is 4.80. The van der Waals surface area contributed by atoms with E-state index in [1.54, 1.807) is 12.1 Å². The van der Waals surface area contributed by atoms with Crippen LogP contribution in [0.1, 0.15) is 59.8 Å². The molecule has 0 radical (unpaired) electrons. The fourth-order valence-corrected chi connectivity index (χ4v) is 3.11. The normalized spacial score (nSPS) is 11.9. The van der Waals surface area contributed by atoms with Gasteiger partial charge in [0.25, 0.3) is 5.91 Å². The van der Waals surface area contributed by atoms with E-state index in [0.717, 1.165) is 22.6 Å². The van der Waals surface area contributed by atoms with Gasteiger partial charge in [0.15, 0.2) is 0 Å². The maximum Gasteiger partial charge on any atom is 0.251 e. The molecule has 1 unspecified atom stereocenters. The van der Waals surface area contributed by atoms with Crippen LogP contribution in [-0.2, 0) is 0 Å². The molecule has 0 aliphatic carbocycles. The molecule has 0 fully saturated rings. The summed E-state index contributed by atoms with van der Waals surface area (Å²) in [4.78, 5) is 12.5. The van der Waals surface area contributed by atoms with Crippen molar-refractivity contribution in [3.05, 3.63) is 95.1 Å². The van der Waals surface area contributed by atoms with Crippen molar-refractivity contribution in [2.45, 2.75) is 39.7 Å². The number of amides is 1. The molecule has 0 saturated heterocycles. The molecular weight excluding hydrogens is 346 g/mol. The lowest BCUT2D eigenvalue weighted by Gasteiger charge is -2.16. The average molecular weight is 373 g/mol. The van der Waals surface area contributed by atoms with Crippen molar-refractivity contribution in [3.8, 4) is 11.5 Å². The predicted octanol–water partition coefficient (Wildman–Crippen LogP) is 6.40. The molecule has 3 rings (SSSR count). The summed E-state index contributed by atoms with van der Waals surface area (Å²) in [5, 5.41) is 3.03. The Morgan fingerprint density at radius 1 is 0.893 bits per heavy atom. The third-order valence-corrected chi connectivity index (χ3v) is 4.78. The van der Waals surface area contributed by atoms with Crippen LogP contribution in [0, 0.1) is 6.92 Å². The fourth-order valence-electron chi connectivity index (χ4n) is 3.11. The van der Waals surface area contributed by atoms with Crippen molar-refractivity contribution in [2.24, 2.45) is 0 Å². The SMILES string of the molecule is Cc1ccc(C(C)C)c(Oc2ccc(C(=O)NC(C)c3ccccc3)cc2)c1. The molecule has 3 aromatic rings. The first-order chi connectivity index (χ1) is 13.4. The van der Waals surface area contributed by atoms with Gasteiger partial charge in [-0.05, 0) is 66.8 Å². The van der Waals surface area contributed by atoms with Gasteiger partial charge in [-0.15, -0.1) is 0 Å². The largest absolute Gasteiger partial charge is 0.457 e. The number of hydrogen-bond acceptors (Lipinski definition) is 2. The first-order valence-corrected chi connectivity index (χ1v) is 9.68. The molecule has 3 heteroatoms. The molecule has 0 bridgehead atoms. The van der Waals surface area contributed by atoms with E-state index in [1.165, 1.54) is 5.56 Å². The van der Waals surface area contributed by atoms with E-state index in [9.17, 15) is 4.79 Å². The smallest absolute Gasteiger partial charge is 0.251 e. The van der Waals surface area contributed by atoms with Crippen molar-refractivity contribution in [1.82, 2.24) is 5.32 Å². The summed E-state index contributed by atoms with van der Waals surface area (Å²) in [6.07, 6.45) is 0. The molecule has 1 N–H and O–H groups in total. The van der Waals surface area contributed by atoms with Crippen molar-refractivity contribution in [1.29, 1.82) is 0 Å². The zero-order chi connectivity index (χ0) is 20.1. The second-order valence-electron chi connectivity index (χ2n) is 7.43. The van der Waals surface area contributed by atoms with Crippen LogP contribution in [-0.4, -0.2) is 5.91 Å². The van der Waals surface area contributed by atoms with Gasteiger partial charge in [-0.1, -0.05) is 56.3 Å². The van der Waals surface area contributed by atoms with Crippen LogP contribution < -0.4 is 10.1 Å². The summed E-state index contributed by atoms with van der Waals surface area (Å²) in [5.74, 6) is 1.87. The van der Waals surface area contributed by atoms with Gasteiger partial charge in [-0.3, -0.25) is 4.79 Å². The molecule has 0 aliphatic rings. The highest BCUT2D eigenvalue weighted by Gasteiger charge is 2.12. The number of benzene rings is 3. The molecule has 1 atom stereocenters. The molecule has 28 heavy (non-hydrogen) atoms. The summed E-state index contributed by atoms with van der Waals surface area (Å²) in [6.45, 7) is 8.34. The first kappa shape index (κ1) is 19.7. The molecule has 0 spiro atoms. The molecule has 0 aromatic heterocycles. The molecule has 0 heterocycles. The maximum atomic E-state index is 12.5. The molecule has 144 valence electrons. The zero-order valence-corrected chi connectivity index (χ0v) is 16.9. The summed E-state index contributed by atoms with van der Waals surface area (Å²) in [6, 6.07) is 23.4. The number of hydrogen-bond donors (Lipinski definition) is 1. The lowest BCUT2D eigenvalue weighted by Crippen LogP contribution is -2.26. The van der Waals surface area contributed by atoms with Crippen LogP contribution in [0.4, 0.5) is 0 Å². The monoisotopic (exact) mass is 373 g/mol. The quantitative estimate of drug-likeness (QED) is 0.543. The second-order valence-corrected chi connectivity index (χ2v) is 7.43. The molecular formula is C25H27NO2. The minimum Gasteiger partial charge on any atom is -0.457 e. The van der Waals surface area contributed by atoms with Crippen molar-refractivity contribution in [3.63, 3.8) is 0 Å². The Bertz CT molecular complexity index is 931. The van der Waals surface area contributed by atoms with Gasteiger partial charge in [0.05, 0.1) is 6.04 Å². The van der Waals surface area contributed by atoms with Gasteiger partial charge in [0.2, 0.25) is 0 Å². The Morgan fingerprint density at radius 2 is 1.57 bits per heavy atom. The molecule has 0 saturated carbocycles. The lowest BCUT2D eigenvalue weighted by atomic mass is 10.0. The summed E-state index contributed by atoms with van der Waals surface area (Å²) < 4.78 is 6.11. The Morgan fingerprint density at radius 3 is 2.21 bits per heavy atom. The van der Waals surface area contributed by atoms with Gasteiger partial charge in [0, 0.05) is 5.56 Å². The van der Waals surface area contributed by atoms with Crippen LogP contribution in [0.25, 0.3) is 0 Å². The van der Waals surface area contributed by atoms with Gasteiger partial charge in [0.1, 0.15) is 11.5 Å². The number of ether oxygens (including phenoxy) is 1. The standard InChI is InChI=1S/C25H27NO2/c1-17(2)23-15-10-18(3)16-24(23)28-22-13-11-21(12-14-22)25(27)26-19(4)20-8-6-5-7-9-20/h5-17,19H,1-4H3,(H,26,27). The number of aryl methyl sites for hydroxylation is 1. The van der Waals surface area contributed by atoms with Crippen molar-refractivity contribution < 1.29 is 9.53 Å². The second kappa shape index (κ2) is 8.75. The molecule has 1 amide bonds. The molecule has 3 nitrogen and oxygen atoms in total.